The summed E-state index contributed by atoms with van der Waals surface area (Å²) in [5, 5.41) is 4.69. The van der Waals surface area contributed by atoms with Crippen molar-refractivity contribution in [3.8, 4) is 5.75 Å². The number of rotatable bonds is 2. The summed E-state index contributed by atoms with van der Waals surface area (Å²) < 4.78 is 7.65. The van der Waals surface area contributed by atoms with E-state index in [-0.39, 0.29) is 5.91 Å². The van der Waals surface area contributed by atoms with Crippen LogP contribution in [0.2, 0.25) is 0 Å². The molecule has 2 aliphatic rings. The minimum Gasteiger partial charge on any atom is -0.490 e. The summed E-state index contributed by atoms with van der Waals surface area (Å²) in [4.78, 5) is 15.9. The fraction of sp³-hybridized carbons (Fsp3) is 0.412. The van der Waals surface area contributed by atoms with E-state index in [0.29, 0.717) is 6.61 Å². The number of hydrogen-bond donors (Lipinski definition) is 0. The molecule has 6 heteroatoms. The van der Waals surface area contributed by atoms with Gasteiger partial charge in [0, 0.05) is 26.1 Å². The standard InChI is InChI=1S/C17H20N4O2/c1-13(22)20-7-4-8-21-17(20)11-14(18-21)12-19-9-10-23-16-6-3-2-5-15(16)19/h2-3,5-6,11H,4,7-10,12H2,1H3. The van der Waals surface area contributed by atoms with Gasteiger partial charge >= 0.3 is 0 Å². The molecule has 0 radical (unpaired) electrons. The molecule has 0 saturated carbocycles. The lowest BCUT2D eigenvalue weighted by Gasteiger charge is -2.30. The first kappa shape index (κ1) is 14.1. The van der Waals surface area contributed by atoms with Gasteiger partial charge in [-0.1, -0.05) is 12.1 Å². The third-order valence-corrected chi connectivity index (χ3v) is 4.40. The molecule has 6 nitrogen and oxygen atoms in total. The molecule has 120 valence electrons. The summed E-state index contributed by atoms with van der Waals surface area (Å²) in [6.45, 7) is 5.52. The third kappa shape index (κ3) is 2.54. The smallest absolute Gasteiger partial charge is 0.225 e. The second kappa shape index (κ2) is 5.61. The van der Waals surface area contributed by atoms with Gasteiger partial charge in [0.25, 0.3) is 0 Å². The maximum Gasteiger partial charge on any atom is 0.225 e. The average molecular weight is 312 g/mol. The van der Waals surface area contributed by atoms with Crippen LogP contribution in [0.1, 0.15) is 19.0 Å². The van der Waals surface area contributed by atoms with Crippen molar-refractivity contribution in [2.45, 2.75) is 26.4 Å². The number of aromatic nitrogens is 2. The van der Waals surface area contributed by atoms with Crippen molar-refractivity contribution in [3.63, 3.8) is 0 Å². The maximum atomic E-state index is 11.8. The van der Waals surface area contributed by atoms with Crippen LogP contribution in [0, 0.1) is 0 Å². The molecule has 0 N–H and O–H groups in total. The zero-order valence-electron chi connectivity index (χ0n) is 13.2. The number of para-hydroxylation sites is 2. The largest absolute Gasteiger partial charge is 0.490 e. The van der Waals surface area contributed by atoms with Crippen molar-refractivity contribution in [1.82, 2.24) is 9.78 Å². The van der Waals surface area contributed by atoms with E-state index in [1.54, 1.807) is 6.92 Å². The van der Waals surface area contributed by atoms with E-state index in [0.717, 1.165) is 55.5 Å². The fourth-order valence-corrected chi connectivity index (χ4v) is 3.32. The van der Waals surface area contributed by atoms with E-state index < -0.39 is 0 Å². The van der Waals surface area contributed by atoms with Crippen LogP contribution in [-0.2, 0) is 17.9 Å². The molecule has 23 heavy (non-hydrogen) atoms. The summed E-state index contributed by atoms with van der Waals surface area (Å²) >= 11 is 0. The van der Waals surface area contributed by atoms with Crippen LogP contribution >= 0.6 is 0 Å². The van der Waals surface area contributed by atoms with Crippen molar-refractivity contribution < 1.29 is 9.53 Å². The van der Waals surface area contributed by atoms with Crippen LogP contribution < -0.4 is 14.5 Å². The lowest BCUT2D eigenvalue weighted by molar-refractivity contribution is -0.116. The Kier molecular flexibility index (Phi) is 3.44. The van der Waals surface area contributed by atoms with E-state index in [2.05, 4.69) is 11.0 Å². The maximum absolute atomic E-state index is 11.8. The highest BCUT2D eigenvalue weighted by Crippen LogP contribution is 2.32. The topological polar surface area (TPSA) is 50.6 Å². The summed E-state index contributed by atoms with van der Waals surface area (Å²) in [6, 6.07) is 10.1. The minimum atomic E-state index is 0.0779. The Balaban J connectivity index is 1.60. The zero-order valence-corrected chi connectivity index (χ0v) is 13.2. The van der Waals surface area contributed by atoms with E-state index in [9.17, 15) is 4.79 Å². The Morgan fingerprint density at radius 3 is 3.00 bits per heavy atom. The summed E-state index contributed by atoms with van der Waals surface area (Å²) in [5.41, 5.74) is 2.10. The number of carbonyl (C=O) groups excluding carboxylic acids is 1. The Hall–Kier alpha value is -2.50. The van der Waals surface area contributed by atoms with Crippen LogP contribution in [0.25, 0.3) is 0 Å². The number of amides is 1. The fourth-order valence-electron chi connectivity index (χ4n) is 3.32. The molecule has 1 aromatic carbocycles. The van der Waals surface area contributed by atoms with Gasteiger partial charge in [0.2, 0.25) is 5.91 Å². The van der Waals surface area contributed by atoms with Crippen LogP contribution in [0.15, 0.2) is 30.3 Å². The molecule has 0 aliphatic carbocycles. The number of carbonyl (C=O) groups is 1. The van der Waals surface area contributed by atoms with Crippen molar-refractivity contribution in [1.29, 1.82) is 0 Å². The molecule has 0 bridgehead atoms. The van der Waals surface area contributed by atoms with Gasteiger partial charge in [0.05, 0.1) is 24.5 Å². The number of fused-ring (bicyclic) bond motifs is 2. The molecule has 0 unspecified atom stereocenters. The highest BCUT2D eigenvalue weighted by molar-refractivity contribution is 5.90. The van der Waals surface area contributed by atoms with E-state index in [1.165, 1.54) is 0 Å². The zero-order chi connectivity index (χ0) is 15.8. The number of nitrogens with zero attached hydrogens (tertiary/aromatic N) is 4. The van der Waals surface area contributed by atoms with Crippen molar-refractivity contribution in [3.05, 3.63) is 36.0 Å². The van der Waals surface area contributed by atoms with Crippen LogP contribution in [-0.4, -0.2) is 35.4 Å². The van der Waals surface area contributed by atoms with E-state index >= 15 is 0 Å². The number of ether oxygens (including phenoxy) is 1. The molecular formula is C17H20N4O2. The quantitative estimate of drug-likeness (QED) is 0.851. The third-order valence-electron chi connectivity index (χ3n) is 4.40. The molecule has 2 aliphatic heterocycles. The predicted molar refractivity (Wildman–Crippen MR) is 87.9 cm³/mol. The molecule has 0 fully saturated rings. The Labute approximate surface area is 135 Å². The Bertz CT molecular complexity index is 740. The average Bonchev–Trinajstić information content (AvgIpc) is 2.97. The second-order valence-electron chi connectivity index (χ2n) is 5.98. The van der Waals surface area contributed by atoms with Crippen LogP contribution in [0.3, 0.4) is 0 Å². The lowest BCUT2D eigenvalue weighted by atomic mass is 10.2. The number of aryl methyl sites for hydroxylation is 1. The van der Waals surface area contributed by atoms with Gasteiger partial charge in [-0.2, -0.15) is 5.10 Å². The van der Waals surface area contributed by atoms with E-state index in [4.69, 9.17) is 9.84 Å². The van der Waals surface area contributed by atoms with Crippen LogP contribution in [0.4, 0.5) is 11.5 Å². The summed E-state index contributed by atoms with van der Waals surface area (Å²) in [5.74, 6) is 1.92. The normalized spacial score (nSPS) is 16.6. The minimum absolute atomic E-state index is 0.0779. The highest BCUT2D eigenvalue weighted by Gasteiger charge is 2.24. The van der Waals surface area contributed by atoms with Gasteiger partial charge in [0.1, 0.15) is 18.2 Å². The monoisotopic (exact) mass is 312 g/mol. The first-order valence-electron chi connectivity index (χ1n) is 8.04. The number of anilines is 2. The molecule has 0 atom stereocenters. The van der Waals surface area contributed by atoms with Gasteiger partial charge in [-0.05, 0) is 18.6 Å². The lowest BCUT2D eigenvalue weighted by Crippen LogP contribution is -2.35. The van der Waals surface area contributed by atoms with Crippen molar-refractivity contribution >= 4 is 17.4 Å². The Morgan fingerprint density at radius 2 is 2.13 bits per heavy atom. The van der Waals surface area contributed by atoms with Crippen molar-refractivity contribution in [2.24, 2.45) is 0 Å². The molecule has 1 aromatic heterocycles. The molecule has 3 heterocycles. The number of benzene rings is 1. The number of hydrogen-bond acceptors (Lipinski definition) is 4. The molecule has 2 aromatic rings. The van der Waals surface area contributed by atoms with Crippen molar-refractivity contribution in [2.75, 3.05) is 29.5 Å². The molecular weight excluding hydrogens is 292 g/mol. The molecule has 1 amide bonds. The summed E-state index contributed by atoms with van der Waals surface area (Å²) in [7, 11) is 0. The first-order valence-corrected chi connectivity index (χ1v) is 8.04. The van der Waals surface area contributed by atoms with Gasteiger partial charge in [-0.15, -0.1) is 0 Å². The molecule has 0 spiro atoms. The molecule has 0 saturated heterocycles. The first-order chi connectivity index (χ1) is 11.2. The van der Waals surface area contributed by atoms with Crippen LogP contribution in [0.5, 0.6) is 5.75 Å². The van der Waals surface area contributed by atoms with E-state index in [1.807, 2.05) is 33.8 Å². The van der Waals surface area contributed by atoms with Gasteiger partial charge < -0.3 is 9.64 Å². The highest BCUT2D eigenvalue weighted by atomic mass is 16.5. The SMILES string of the molecule is CC(=O)N1CCCn2nc(CN3CCOc4ccccc43)cc21. The second-order valence-corrected chi connectivity index (χ2v) is 5.98. The Morgan fingerprint density at radius 1 is 1.26 bits per heavy atom. The van der Waals surface area contributed by atoms with Gasteiger partial charge in [-0.3, -0.25) is 9.69 Å². The summed E-state index contributed by atoms with van der Waals surface area (Å²) in [6.07, 6.45) is 0.952. The van der Waals surface area contributed by atoms with Gasteiger partial charge in [0.15, 0.2) is 0 Å². The predicted octanol–water partition coefficient (Wildman–Crippen LogP) is 2.04. The van der Waals surface area contributed by atoms with Gasteiger partial charge in [-0.25, -0.2) is 4.68 Å². The molecule has 4 rings (SSSR count).